The Labute approximate surface area is 125 Å². The molecule has 0 heterocycles. The molecule has 20 heavy (non-hydrogen) atoms. The highest BCUT2D eigenvalue weighted by Crippen LogP contribution is 2.24. The second-order valence-electron chi connectivity index (χ2n) is 4.56. The van der Waals surface area contributed by atoms with Gasteiger partial charge >= 0.3 is 0 Å². The normalized spacial score (nSPS) is 11.6. The van der Waals surface area contributed by atoms with E-state index in [0.717, 1.165) is 0 Å². The molecule has 0 atom stereocenters. The van der Waals surface area contributed by atoms with Crippen molar-refractivity contribution < 1.29 is 12.8 Å². The third kappa shape index (κ3) is 3.37. The number of aryl methyl sites for hydroxylation is 1. The maximum Gasteiger partial charge on any atom is 0.182 e. The predicted molar refractivity (Wildman–Crippen MR) is 80.6 cm³/mol. The molecule has 2 aromatic rings. The van der Waals surface area contributed by atoms with E-state index < -0.39 is 15.7 Å². The Morgan fingerprint density at radius 2 is 1.90 bits per heavy atom. The summed E-state index contributed by atoms with van der Waals surface area (Å²) in [6.45, 7) is 1.70. The van der Waals surface area contributed by atoms with E-state index in [4.69, 9.17) is 5.73 Å². The van der Waals surface area contributed by atoms with E-state index in [1.165, 1.54) is 18.2 Å². The summed E-state index contributed by atoms with van der Waals surface area (Å²) in [7, 11) is -3.57. The van der Waals surface area contributed by atoms with Crippen molar-refractivity contribution in [2.45, 2.75) is 17.6 Å². The Morgan fingerprint density at radius 1 is 1.20 bits per heavy atom. The highest BCUT2D eigenvalue weighted by atomic mass is 79.9. The van der Waals surface area contributed by atoms with Gasteiger partial charge in [0.1, 0.15) is 5.82 Å². The van der Waals surface area contributed by atoms with Crippen LogP contribution >= 0.6 is 15.9 Å². The molecule has 0 unspecified atom stereocenters. The van der Waals surface area contributed by atoms with Crippen molar-refractivity contribution in [3.05, 3.63) is 57.8 Å². The number of anilines is 1. The van der Waals surface area contributed by atoms with Crippen LogP contribution in [0.3, 0.4) is 0 Å². The van der Waals surface area contributed by atoms with Gasteiger partial charge in [0, 0.05) is 10.2 Å². The molecule has 0 radical (unpaired) electrons. The van der Waals surface area contributed by atoms with Gasteiger partial charge in [-0.3, -0.25) is 0 Å². The fourth-order valence-electron chi connectivity index (χ4n) is 1.94. The van der Waals surface area contributed by atoms with Crippen LogP contribution in [0.2, 0.25) is 0 Å². The molecule has 0 aliphatic heterocycles. The smallest absolute Gasteiger partial charge is 0.182 e. The lowest BCUT2D eigenvalue weighted by Gasteiger charge is -2.09. The number of nitrogen functional groups attached to an aromatic ring is 1. The first-order chi connectivity index (χ1) is 9.28. The topological polar surface area (TPSA) is 60.2 Å². The molecule has 0 saturated carbocycles. The van der Waals surface area contributed by atoms with Crippen LogP contribution in [0.4, 0.5) is 10.1 Å². The van der Waals surface area contributed by atoms with Gasteiger partial charge in [0.25, 0.3) is 0 Å². The summed E-state index contributed by atoms with van der Waals surface area (Å²) < 4.78 is 38.6. The third-order valence-corrected chi connectivity index (χ3v) is 5.11. The van der Waals surface area contributed by atoms with E-state index in [1.54, 1.807) is 25.1 Å². The monoisotopic (exact) mass is 357 g/mol. The van der Waals surface area contributed by atoms with Gasteiger partial charge in [0.05, 0.1) is 10.6 Å². The zero-order chi connectivity index (χ0) is 14.9. The Hall–Kier alpha value is -1.40. The maximum absolute atomic E-state index is 13.3. The van der Waals surface area contributed by atoms with Crippen molar-refractivity contribution in [3.63, 3.8) is 0 Å². The summed E-state index contributed by atoms with van der Waals surface area (Å²) >= 11 is 3.15. The SMILES string of the molecule is Cc1ccc(N)cc1S(=O)(=O)Cc1cc(F)cc(Br)c1. The summed E-state index contributed by atoms with van der Waals surface area (Å²) in [5.41, 5.74) is 7.03. The number of benzene rings is 2. The summed E-state index contributed by atoms with van der Waals surface area (Å²) in [5, 5.41) is 0. The molecule has 2 N–H and O–H groups in total. The average Bonchev–Trinajstić information content (AvgIpc) is 2.30. The number of hydrogen-bond acceptors (Lipinski definition) is 3. The average molecular weight is 358 g/mol. The minimum atomic E-state index is -3.57. The summed E-state index contributed by atoms with van der Waals surface area (Å²) in [6.07, 6.45) is 0. The van der Waals surface area contributed by atoms with Crippen molar-refractivity contribution in [1.29, 1.82) is 0 Å². The van der Waals surface area contributed by atoms with E-state index in [-0.39, 0.29) is 10.6 Å². The van der Waals surface area contributed by atoms with E-state index in [0.29, 0.717) is 21.3 Å². The number of nitrogens with two attached hydrogens (primary N) is 1. The van der Waals surface area contributed by atoms with E-state index in [1.807, 2.05) is 0 Å². The van der Waals surface area contributed by atoms with Gasteiger partial charge in [-0.1, -0.05) is 22.0 Å². The molecular weight excluding hydrogens is 345 g/mol. The van der Waals surface area contributed by atoms with Gasteiger partial charge in [-0.25, -0.2) is 12.8 Å². The first kappa shape index (κ1) is 15.0. The van der Waals surface area contributed by atoms with Gasteiger partial charge in [0.15, 0.2) is 9.84 Å². The minimum absolute atomic E-state index is 0.179. The van der Waals surface area contributed by atoms with Crippen LogP contribution in [0.15, 0.2) is 45.8 Å². The first-order valence-electron chi connectivity index (χ1n) is 5.82. The van der Waals surface area contributed by atoms with Crippen LogP contribution in [-0.4, -0.2) is 8.42 Å². The van der Waals surface area contributed by atoms with Crippen LogP contribution < -0.4 is 5.73 Å². The van der Waals surface area contributed by atoms with Gasteiger partial charge in [-0.15, -0.1) is 0 Å². The van der Waals surface area contributed by atoms with Gasteiger partial charge in [-0.05, 0) is 48.4 Å². The van der Waals surface area contributed by atoms with Crippen LogP contribution in [0, 0.1) is 12.7 Å². The fraction of sp³-hybridized carbons (Fsp3) is 0.143. The van der Waals surface area contributed by atoms with Crippen LogP contribution in [0.5, 0.6) is 0 Å². The largest absolute Gasteiger partial charge is 0.399 e. The first-order valence-corrected chi connectivity index (χ1v) is 8.26. The zero-order valence-electron chi connectivity index (χ0n) is 10.7. The number of rotatable bonds is 3. The minimum Gasteiger partial charge on any atom is -0.399 e. The summed E-state index contributed by atoms with van der Waals surface area (Å²) in [4.78, 5) is 0.179. The van der Waals surface area contributed by atoms with Crippen molar-refractivity contribution in [3.8, 4) is 0 Å². The number of halogens is 2. The van der Waals surface area contributed by atoms with E-state index >= 15 is 0 Å². The molecule has 0 aliphatic rings. The molecule has 0 aliphatic carbocycles. The molecule has 0 saturated heterocycles. The molecule has 106 valence electrons. The van der Waals surface area contributed by atoms with Gasteiger partial charge in [0.2, 0.25) is 0 Å². The molecule has 6 heteroatoms. The van der Waals surface area contributed by atoms with Crippen molar-refractivity contribution in [1.82, 2.24) is 0 Å². The second-order valence-corrected chi connectivity index (χ2v) is 7.44. The number of sulfone groups is 1. The molecule has 0 bridgehead atoms. The Morgan fingerprint density at radius 3 is 2.55 bits per heavy atom. The second kappa shape index (κ2) is 5.54. The molecule has 2 aromatic carbocycles. The van der Waals surface area contributed by atoms with Crippen LogP contribution in [0.25, 0.3) is 0 Å². The van der Waals surface area contributed by atoms with Crippen molar-refractivity contribution >= 4 is 31.5 Å². The van der Waals surface area contributed by atoms with E-state index in [2.05, 4.69) is 15.9 Å². The molecule has 2 rings (SSSR count). The fourth-order valence-corrected chi connectivity index (χ4v) is 4.09. The van der Waals surface area contributed by atoms with Gasteiger partial charge in [-0.2, -0.15) is 0 Å². The molecule has 3 nitrogen and oxygen atoms in total. The Balaban J connectivity index is 2.43. The highest BCUT2D eigenvalue weighted by molar-refractivity contribution is 9.10. The zero-order valence-corrected chi connectivity index (χ0v) is 13.1. The van der Waals surface area contributed by atoms with Gasteiger partial charge < -0.3 is 5.73 Å². The summed E-state index contributed by atoms with van der Waals surface area (Å²) in [6, 6.07) is 8.81. The van der Waals surface area contributed by atoms with Crippen molar-refractivity contribution in [2.24, 2.45) is 0 Å². The molecule has 0 fully saturated rings. The standard InChI is InChI=1S/C14H13BrFNO2S/c1-9-2-3-13(17)7-14(9)20(18,19)8-10-4-11(15)6-12(16)5-10/h2-7H,8,17H2,1H3. The van der Waals surface area contributed by atoms with E-state index in [9.17, 15) is 12.8 Å². The lowest BCUT2D eigenvalue weighted by Crippen LogP contribution is -2.08. The lowest BCUT2D eigenvalue weighted by molar-refractivity contribution is 0.594. The maximum atomic E-state index is 13.3. The third-order valence-electron chi connectivity index (χ3n) is 2.83. The van der Waals surface area contributed by atoms with Crippen molar-refractivity contribution in [2.75, 3.05) is 5.73 Å². The predicted octanol–water partition coefficient (Wildman–Crippen LogP) is 3.45. The highest BCUT2D eigenvalue weighted by Gasteiger charge is 2.18. The Bertz CT molecular complexity index is 740. The Kier molecular flexibility index (Phi) is 4.15. The van der Waals surface area contributed by atoms with Crippen LogP contribution in [0.1, 0.15) is 11.1 Å². The summed E-state index contributed by atoms with van der Waals surface area (Å²) in [5.74, 6) is -0.748. The molecule has 0 aromatic heterocycles. The van der Waals surface area contributed by atoms with Crippen LogP contribution in [-0.2, 0) is 15.6 Å². The quantitative estimate of drug-likeness (QED) is 0.855. The number of hydrogen-bond donors (Lipinski definition) is 1. The molecular formula is C14H13BrFNO2S. The lowest BCUT2D eigenvalue weighted by atomic mass is 10.2. The molecule has 0 amide bonds. The molecule has 0 spiro atoms.